The highest BCUT2D eigenvalue weighted by atomic mass is 16.7. The smallest absolute Gasteiger partial charge is 0.410 e. The lowest BCUT2D eigenvalue weighted by atomic mass is 10.0. The lowest BCUT2D eigenvalue weighted by Gasteiger charge is -2.31. The number of amides is 2. The quantitative estimate of drug-likeness (QED) is 0.101. The van der Waals surface area contributed by atoms with Gasteiger partial charge in [0.2, 0.25) is 5.91 Å². The van der Waals surface area contributed by atoms with E-state index in [9.17, 15) is 24.5 Å². The molecule has 1 rings (SSSR count). The van der Waals surface area contributed by atoms with Crippen LogP contribution in [0.4, 0.5) is 4.79 Å². The van der Waals surface area contributed by atoms with Crippen LogP contribution in [0.3, 0.4) is 0 Å². The van der Waals surface area contributed by atoms with Gasteiger partial charge in [-0.25, -0.2) is 24.7 Å². The van der Waals surface area contributed by atoms with Gasteiger partial charge in [-0.15, -0.1) is 0 Å². The molecule has 0 heterocycles. The number of hydrogen-bond acceptors (Lipinski definition) is 8. The summed E-state index contributed by atoms with van der Waals surface area (Å²) in [6.07, 6.45) is -0.108. The number of aliphatic imine (C=N–C) groups is 1. The molecule has 0 radical (unpaired) electrons. The summed E-state index contributed by atoms with van der Waals surface area (Å²) >= 11 is 0. The van der Waals surface area contributed by atoms with Crippen molar-refractivity contribution >= 4 is 23.9 Å². The molecule has 2 atom stereocenters. The zero-order chi connectivity index (χ0) is 26.6. The van der Waals surface area contributed by atoms with Crippen molar-refractivity contribution in [2.45, 2.75) is 57.7 Å². The molecule has 194 valence electrons. The predicted octanol–water partition coefficient (Wildman–Crippen LogP) is 0.999. The van der Waals surface area contributed by atoms with E-state index in [0.29, 0.717) is 0 Å². The van der Waals surface area contributed by atoms with Gasteiger partial charge in [0.25, 0.3) is 5.96 Å². The molecule has 4 N–H and O–H groups in total. The number of likely N-dealkylation sites (N-methyl/N-ethyl adjacent to an activating group) is 1. The first-order valence-corrected chi connectivity index (χ1v) is 10.9. The Bertz CT molecular complexity index is 901. The van der Waals surface area contributed by atoms with Crippen LogP contribution in [0.25, 0.3) is 0 Å². The van der Waals surface area contributed by atoms with Crippen molar-refractivity contribution in [3.05, 3.63) is 46.0 Å². The highest BCUT2D eigenvalue weighted by Gasteiger charge is 2.33. The summed E-state index contributed by atoms with van der Waals surface area (Å²) in [5.41, 5.74) is 7.12. The molecule has 13 heteroatoms. The number of nitrogens with zero attached hydrogens (tertiary/aromatic N) is 3. The number of ether oxygens (including phenoxy) is 2. The first-order chi connectivity index (χ1) is 16.3. The zero-order valence-electron chi connectivity index (χ0n) is 20.6. The van der Waals surface area contributed by atoms with Crippen LogP contribution in [0.1, 0.15) is 39.2 Å². The number of nitrogens with one attached hydrogen (secondary N) is 2. The molecular formula is C22H34N6O7. The van der Waals surface area contributed by atoms with Gasteiger partial charge in [-0.05, 0) is 39.2 Å². The highest BCUT2D eigenvalue weighted by Crippen LogP contribution is 2.15. The van der Waals surface area contributed by atoms with E-state index in [0.717, 1.165) is 5.56 Å². The minimum Gasteiger partial charge on any atom is -0.467 e. The van der Waals surface area contributed by atoms with Gasteiger partial charge in [-0.1, -0.05) is 35.8 Å². The predicted molar refractivity (Wildman–Crippen MR) is 128 cm³/mol. The summed E-state index contributed by atoms with van der Waals surface area (Å²) < 4.78 is 10.2. The SMILES string of the molecule is COC(=O)[C@H](CCCN=C(N)N[N+](=O)[O-])NC(=O)[C@@H](Cc1ccccc1)N(C)C(=O)OC(C)(C)C. The summed E-state index contributed by atoms with van der Waals surface area (Å²) in [6.45, 7) is 5.22. The average Bonchev–Trinajstić information content (AvgIpc) is 2.77. The van der Waals surface area contributed by atoms with Gasteiger partial charge < -0.3 is 20.5 Å². The molecular weight excluding hydrogens is 460 g/mol. The number of hydrazine groups is 1. The topological polar surface area (TPSA) is 178 Å². The first kappa shape index (κ1) is 29.1. The minimum atomic E-state index is -1.03. The van der Waals surface area contributed by atoms with Gasteiger partial charge in [-0.2, -0.15) is 0 Å². The van der Waals surface area contributed by atoms with E-state index in [-0.39, 0.29) is 31.8 Å². The van der Waals surface area contributed by atoms with Gasteiger partial charge in [0.05, 0.1) is 7.11 Å². The summed E-state index contributed by atoms with van der Waals surface area (Å²) in [5.74, 6) is -1.64. The number of rotatable bonds is 11. The van der Waals surface area contributed by atoms with Gasteiger partial charge in [0.1, 0.15) is 17.7 Å². The third kappa shape index (κ3) is 11.2. The Morgan fingerprint density at radius 1 is 1.23 bits per heavy atom. The monoisotopic (exact) mass is 494 g/mol. The van der Waals surface area contributed by atoms with Crippen LogP contribution in [0.15, 0.2) is 35.3 Å². The largest absolute Gasteiger partial charge is 0.467 e. The standard InChI is InChI=1S/C22H34N6O7/c1-22(2,3)35-21(31)27(4)17(14-15-10-7-6-8-11-15)18(29)25-16(19(30)34-5)12-9-13-24-20(23)26-28(32)33/h6-8,10-11,16-17H,9,12-14H2,1-5H3,(H,25,29)(H3,23,24,26)/t16-,17+/m0/s1. The summed E-state index contributed by atoms with van der Waals surface area (Å²) in [7, 11) is 2.64. The number of nitrogens with two attached hydrogens (primary N) is 1. The molecule has 0 bridgehead atoms. The Morgan fingerprint density at radius 3 is 2.40 bits per heavy atom. The molecule has 1 aromatic rings. The Balaban J connectivity index is 2.99. The highest BCUT2D eigenvalue weighted by molar-refractivity contribution is 5.89. The Labute approximate surface area is 204 Å². The molecule has 1 aromatic carbocycles. The molecule has 0 fully saturated rings. The maximum atomic E-state index is 13.3. The molecule has 0 aromatic heterocycles. The fraction of sp³-hybridized carbons (Fsp3) is 0.545. The molecule has 0 aliphatic rings. The van der Waals surface area contributed by atoms with Gasteiger partial charge in [-0.3, -0.25) is 9.69 Å². The van der Waals surface area contributed by atoms with Crippen LogP contribution >= 0.6 is 0 Å². The van der Waals surface area contributed by atoms with E-state index < -0.39 is 40.7 Å². The van der Waals surface area contributed by atoms with E-state index in [1.165, 1.54) is 19.1 Å². The third-order valence-electron chi connectivity index (χ3n) is 4.66. The molecule has 13 nitrogen and oxygen atoms in total. The van der Waals surface area contributed by atoms with Crippen molar-refractivity contribution in [2.24, 2.45) is 10.7 Å². The average molecular weight is 495 g/mol. The maximum absolute atomic E-state index is 13.3. The Hall–Kier alpha value is -3.90. The molecule has 0 aliphatic heterocycles. The van der Waals surface area contributed by atoms with Crippen molar-refractivity contribution in [2.75, 3.05) is 20.7 Å². The van der Waals surface area contributed by atoms with E-state index in [4.69, 9.17) is 15.2 Å². The maximum Gasteiger partial charge on any atom is 0.410 e. The van der Waals surface area contributed by atoms with Crippen LogP contribution in [0.2, 0.25) is 0 Å². The van der Waals surface area contributed by atoms with Crippen molar-refractivity contribution < 1.29 is 28.9 Å². The molecule has 0 unspecified atom stereocenters. The fourth-order valence-electron chi connectivity index (χ4n) is 2.99. The van der Waals surface area contributed by atoms with Gasteiger partial charge >= 0.3 is 12.1 Å². The van der Waals surface area contributed by atoms with Crippen LogP contribution in [-0.4, -0.2) is 72.2 Å². The van der Waals surface area contributed by atoms with E-state index in [2.05, 4.69) is 10.3 Å². The number of hydrogen-bond donors (Lipinski definition) is 3. The number of guanidine groups is 1. The lowest BCUT2D eigenvalue weighted by Crippen LogP contribution is -2.54. The molecule has 0 saturated carbocycles. The molecule has 0 spiro atoms. The fourth-order valence-corrected chi connectivity index (χ4v) is 2.99. The summed E-state index contributed by atoms with van der Waals surface area (Å²) in [4.78, 5) is 53.6. The third-order valence-corrected chi connectivity index (χ3v) is 4.66. The van der Waals surface area contributed by atoms with E-state index in [1.807, 2.05) is 30.3 Å². The number of carbonyl (C=O) groups excluding carboxylic acids is 3. The van der Waals surface area contributed by atoms with E-state index >= 15 is 0 Å². The van der Waals surface area contributed by atoms with Crippen LogP contribution in [0, 0.1) is 10.1 Å². The minimum absolute atomic E-state index is 0.0707. The number of carbonyl (C=O) groups is 3. The lowest BCUT2D eigenvalue weighted by molar-refractivity contribution is -0.525. The number of methoxy groups -OCH3 is 1. The number of nitro groups is 1. The summed E-state index contributed by atoms with van der Waals surface area (Å²) in [6, 6.07) is 7.10. The number of benzene rings is 1. The molecule has 2 amide bonds. The van der Waals surface area contributed by atoms with Crippen molar-refractivity contribution in [1.29, 1.82) is 0 Å². The van der Waals surface area contributed by atoms with Gasteiger partial charge in [0, 0.05) is 20.0 Å². The van der Waals surface area contributed by atoms with Crippen LogP contribution in [0.5, 0.6) is 0 Å². The van der Waals surface area contributed by atoms with Crippen LogP contribution in [-0.2, 0) is 25.5 Å². The van der Waals surface area contributed by atoms with Crippen LogP contribution < -0.4 is 16.5 Å². The van der Waals surface area contributed by atoms with Crippen molar-refractivity contribution in [3.8, 4) is 0 Å². The summed E-state index contributed by atoms with van der Waals surface area (Å²) in [5, 5.41) is 12.2. The second kappa shape index (κ2) is 13.7. The normalized spacial score (nSPS) is 13.2. The Kier molecular flexibility index (Phi) is 11.4. The second-order valence-electron chi connectivity index (χ2n) is 8.66. The molecule has 0 aliphatic carbocycles. The first-order valence-electron chi connectivity index (χ1n) is 10.9. The second-order valence-corrected chi connectivity index (χ2v) is 8.66. The number of esters is 1. The van der Waals surface area contributed by atoms with Crippen molar-refractivity contribution in [3.63, 3.8) is 0 Å². The van der Waals surface area contributed by atoms with E-state index in [1.54, 1.807) is 26.2 Å². The van der Waals surface area contributed by atoms with Gasteiger partial charge in [0.15, 0.2) is 5.03 Å². The zero-order valence-corrected chi connectivity index (χ0v) is 20.6. The Morgan fingerprint density at radius 2 is 1.86 bits per heavy atom. The molecule has 35 heavy (non-hydrogen) atoms. The van der Waals surface area contributed by atoms with Crippen molar-refractivity contribution in [1.82, 2.24) is 15.6 Å². The molecule has 0 saturated heterocycles.